The third kappa shape index (κ3) is 3.41. The molecule has 3 heteroatoms. The molecule has 0 heterocycles. The molecule has 1 atom stereocenters. The largest absolute Gasteiger partial charge is 0.389 e. The van der Waals surface area contributed by atoms with Crippen LogP contribution in [0.5, 0.6) is 0 Å². The van der Waals surface area contributed by atoms with Gasteiger partial charge in [-0.25, -0.2) is 4.39 Å². The van der Waals surface area contributed by atoms with Crippen molar-refractivity contribution in [2.45, 2.75) is 37.5 Å². The normalized spacial score (nSPS) is 12.4. The Morgan fingerprint density at radius 1 is 1.15 bits per heavy atom. The standard InChI is InChI=1S/C17H19FOS/c1-11-6-4-5-7-14(11)10-20-17-8-12(2)16(18)9-15(17)13(3)19/h4-9,13,19H,10H2,1-3H3. The molecule has 2 aromatic rings. The summed E-state index contributed by atoms with van der Waals surface area (Å²) in [5.41, 5.74) is 3.78. The van der Waals surface area contributed by atoms with Crippen LogP contribution in [-0.4, -0.2) is 5.11 Å². The van der Waals surface area contributed by atoms with E-state index < -0.39 is 6.10 Å². The minimum Gasteiger partial charge on any atom is -0.389 e. The van der Waals surface area contributed by atoms with Gasteiger partial charge < -0.3 is 5.11 Å². The van der Waals surface area contributed by atoms with Gasteiger partial charge in [0.15, 0.2) is 0 Å². The first-order chi connectivity index (χ1) is 9.49. The van der Waals surface area contributed by atoms with Crippen LogP contribution in [0.15, 0.2) is 41.3 Å². The Morgan fingerprint density at radius 3 is 2.50 bits per heavy atom. The highest BCUT2D eigenvalue weighted by atomic mass is 32.2. The molecule has 0 bridgehead atoms. The molecule has 0 aliphatic rings. The third-order valence-corrected chi connectivity index (χ3v) is 4.51. The van der Waals surface area contributed by atoms with Crippen molar-refractivity contribution in [3.63, 3.8) is 0 Å². The summed E-state index contributed by atoms with van der Waals surface area (Å²) in [4.78, 5) is 0.946. The van der Waals surface area contributed by atoms with Crippen molar-refractivity contribution in [1.82, 2.24) is 0 Å². The Morgan fingerprint density at radius 2 is 1.85 bits per heavy atom. The number of benzene rings is 2. The predicted molar refractivity (Wildman–Crippen MR) is 82.5 cm³/mol. The Labute approximate surface area is 123 Å². The maximum Gasteiger partial charge on any atom is 0.126 e. The fourth-order valence-corrected chi connectivity index (χ4v) is 3.34. The number of hydrogen-bond donors (Lipinski definition) is 1. The van der Waals surface area contributed by atoms with E-state index in [0.29, 0.717) is 11.1 Å². The maximum absolute atomic E-state index is 13.6. The smallest absolute Gasteiger partial charge is 0.126 e. The minimum absolute atomic E-state index is 0.263. The van der Waals surface area contributed by atoms with Crippen LogP contribution in [-0.2, 0) is 5.75 Å². The van der Waals surface area contributed by atoms with E-state index in [2.05, 4.69) is 19.1 Å². The Hall–Kier alpha value is -1.32. The maximum atomic E-state index is 13.6. The van der Waals surface area contributed by atoms with Gasteiger partial charge in [0.1, 0.15) is 5.82 Å². The summed E-state index contributed by atoms with van der Waals surface area (Å²) in [6, 6.07) is 11.5. The van der Waals surface area contributed by atoms with Gasteiger partial charge >= 0.3 is 0 Å². The molecule has 1 unspecified atom stereocenters. The zero-order chi connectivity index (χ0) is 14.7. The number of thioether (sulfide) groups is 1. The van der Waals surface area contributed by atoms with Crippen LogP contribution in [0, 0.1) is 19.7 Å². The number of aliphatic hydroxyl groups is 1. The molecule has 20 heavy (non-hydrogen) atoms. The zero-order valence-electron chi connectivity index (χ0n) is 12.0. The SMILES string of the molecule is Cc1cc(SCc2ccccc2C)c(C(C)O)cc1F. The Bertz CT molecular complexity index is 608. The van der Waals surface area contributed by atoms with Crippen molar-refractivity contribution >= 4 is 11.8 Å². The van der Waals surface area contributed by atoms with Gasteiger partial charge in [-0.15, -0.1) is 11.8 Å². The van der Waals surface area contributed by atoms with Gasteiger partial charge in [-0.1, -0.05) is 24.3 Å². The molecule has 2 aromatic carbocycles. The quantitative estimate of drug-likeness (QED) is 0.817. The van der Waals surface area contributed by atoms with Gasteiger partial charge in [-0.2, -0.15) is 0 Å². The number of hydrogen-bond acceptors (Lipinski definition) is 2. The Balaban J connectivity index is 2.25. The summed E-state index contributed by atoms with van der Waals surface area (Å²) >= 11 is 1.64. The summed E-state index contributed by atoms with van der Waals surface area (Å²) in [5.74, 6) is 0.554. The molecule has 0 saturated carbocycles. The lowest BCUT2D eigenvalue weighted by Crippen LogP contribution is -1.98. The molecule has 0 radical (unpaired) electrons. The summed E-state index contributed by atoms with van der Waals surface area (Å²) < 4.78 is 13.6. The molecule has 1 nitrogen and oxygen atoms in total. The van der Waals surface area contributed by atoms with E-state index in [1.54, 1.807) is 25.6 Å². The van der Waals surface area contributed by atoms with Crippen LogP contribution in [0.1, 0.15) is 35.3 Å². The van der Waals surface area contributed by atoms with Crippen molar-refractivity contribution < 1.29 is 9.50 Å². The Kier molecular flexibility index (Phi) is 4.84. The highest BCUT2D eigenvalue weighted by molar-refractivity contribution is 7.98. The molecular weight excluding hydrogens is 271 g/mol. The molecule has 106 valence electrons. The third-order valence-electron chi connectivity index (χ3n) is 3.39. The number of rotatable bonds is 4. The first kappa shape index (κ1) is 15.1. The summed E-state index contributed by atoms with van der Waals surface area (Å²) in [5, 5.41) is 9.79. The molecule has 0 spiro atoms. The van der Waals surface area contributed by atoms with Gasteiger partial charge in [0.2, 0.25) is 0 Å². The fourth-order valence-electron chi connectivity index (χ4n) is 2.05. The van der Waals surface area contributed by atoms with Crippen LogP contribution < -0.4 is 0 Å². The molecular formula is C17H19FOS. The second-order valence-corrected chi connectivity index (χ2v) is 6.05. The topological polar surface area (TPSA) is 20.2 Å². The van der Waals surface area contributed by atoms with Gasteiger partial charge in [0, 0.05) is 10.6 Å². The van der Waals surface area contributed by atoms with Crippen molar-refractivity contribution in [1.29, 1.82) is 0 Å². The van der Waals surface area contributed by atoms with Crippen molar-refractivity contribution in [3.05, 3.63) is 64.5 Å². The molecule has 1 N–H and O–H groups in total. The van der Waals surface area contributed by atoms with Crippen molar-refractivity contribution in [2.75, 3.05) is 0 Å². The molecule has 0 amide bonds. The number of aryl methyl sites for hydroxylation is 2. The summed E-state index contributed by atoms with van der Waals surface area (Å²) in [6.45, 7) is 5.50. The van der Waals surface area contributed by atoms with Gasteiger partial charge in [0.05, 0.1) is 6.10 Å². The van der Waals surface area contributed by atoms with E-state index >= 15 is 0 Å². The summed E-state index contributed by atoms with van der Waals surface area (Å²) in [6.07, 6.45) is -0.663. The lowest BCUT2D eigenvalue weighted by Gasteiger charge is -2.14. The van der Waals surface area contributed by atoms with Crippen LogP contribution >= 0.6 is 11.8 Å². The predicted octanol–water partition coefficient (Wildman–Crippen LogP) is 4.79. The number of aliphatic hydroxyl groups excluding tert-OH is 1. The minimum atomic E-state index is -0.663. The zero-order valence-corrected chi connectivity index (χ0v) is 12.8. The van der Waals surface area contributed by atoms with Gasteiger partial charge in [0.25, 0.3) is 0 Å². The van der Waals surface area contributed by atoms with Gasteiger partial charge in [-0.3, -0.25) is 0 Å². The number of halogens is 1. The highest BCUT2D eigenvalue weighted by Gasteiger charge is 2.12. The molecule has 2 rings (SSSR count). The monoisotopic (exact) mass is 290 g/mol. The van der Waals surface area contributed by atoms with E-state index in [-0.39, 0.29) is 5.82 Å². The highest BCUT2D eigenvalue weighted by Crippen LogP contribution is 2.32. The lowest BCUT2D eigenvalue weighted by molar-refractivity contribution is 0.196. The van der Waals surface area contributed by atoms with Crippen molar-refractivity contribution in [3.8, 4) is 0 Å². The molecule has 0 aliphatic carbocycles. The van der Waals surface area contributed by atoms with Crippen LogP contribution in [0.4, 0.5) is 4.39 Å². The molecule has 0 fully saturated rings. The summed E-state index contributed by atoms with van der Waals surface area (Å²) in [7, 11) is 0. The molecule has 0 saturated heterocycles. The molecule has 0 aromatic heterocycles. The van der Waals surface area contributed by atoms with Gasteiger partial charge in [-0.05, 0) is 55.2 Å². The van der Waals surface area contributed by atoms with Crippen LogP contribution in [0.3, 0.4) is 0 Å². The second kappa shape index (κ2) is 6.42. The fraction of sp³-hybridized carbons (Fsp3) is 0.294. The van der Waals surface area contributed by atoms with Crippen LogP contribution in [0.25, 0.3) is 0 Å². The first-order valence-electron chi connectivity index (χ1n) is 6.64. The van der Waals surface area contributed by atoms with E-state index in [1.807, 2.05) is 18.2 Å². The molecule has 0 aliphatic heterocycles. The van der Waals surface area contributed by atoms with E-state index in [0.717, 1.165) is 10.6 Å². The van der Waals surface area contributed by atoms with Crippen molar-refractivity contribution in [2.24, 2.45) is 0 Å². The van der Waals surface area contributed by atoms with Crippen LogP contribution in [0.2, 0.25) is 0 Å². The average Bonchev–Trinajstić information content (AvgIpc) is 2.41. The average molecular weight is 290 g/mol. The van der Waals surface area contributed by atoms with E-state index in [1.165, 1.54) is 17.2 Å². The van der Waals surface area contributed by atoms with E-state index in [4.69, 9.17) is 0 Å². The second-order valence-electron chi connectivity index (χ2n) is 5.03. The first-order valence-corrected chi connectivity index (χ1v) is 7.63. The lowest BCUT2D eigenvalue weighted by atomic mass is 10.1. The van der Waals surface area contributed by atoms with E-state index in [9.17, 15) is 9.50 Å².